The highest BCUT2D eigenvalue weighted by Gasteiger charge is 2.37. The molecular weight excluding hydrogens is 464 g/mol. The van der Waals surface area contributed by atoms with Crippen molar-refractivity contribution in [3.05, 3.63) is 34.9 Å². The fourth-order valence-corrected chi connectivity index (χ4v) is 3.79. The van der Waals surface area contributed by atoms with Crippen molar-refractivity contribution in [1.29, 1.82) is 0 Å². The van der Waals surface area contributed by atoms with E-state index >= 15 is 0 Å². The van der Waals surface area contributed by atoms with Gasteiger partial charge in [0.05, 0.1) is 13.0 Å². The topological polar surface area (TPSA) is 151 Å². The molecule has 0 aromatic heterocycles. The van der Waals surface area contributed by atoms with Crippen LogP contribution in [0.1, 0.15) is 76.1 Å². The van der Waals surface area contributed by atoms with Crippen LogP contribution < -0.4 is 16.4 Å². The van der Waals surface area contributed by atoms with Crippen LogP contribution >= 0.6 is 0 Å². The number of aliphatic hydroxyl groups excluding tert-OH is 1. The Balaban J connectivity index is 3.43. The molecule has 0 saturated heterocycles. The Hall–Kier alpha value is -3.14. The summed E-state index contributed by atoms with van der Waals surface area (Å²) >= 11 is 0. The normalized spacial score (nSPS) is 12.9. The third-order valence-corrected chi connectivity index (χ3v) is 5.38. The number of alkyl carbamates (subject to hydrolysis) is 1. The highest BCUT2D eigenvalue weighted by atomic mass is 16.6. The smallest absolute Gasteiger partial charge is 0.408 e. The van der Waals surface area contributed by atoms with E-state index in [9.17, 15) is 24.3 Å². The summed E-state index contributed by atoms with van der Waals surface area (Å²) in [7, 11) is 0. The third kappa shape index (κ3) is 10.2. The van der Waals surface area contributed by atoms with E-state index in [2.05, 4.69) is 17.6 Å². The van der Waals surface area contributed by atoms with Crippen molar-refractivity contribution in [1.82, 2.24) is 15.5 Å². The molecule has 0 aliphatic carbocycles. The van der Waals surface area contributed by atoms with Crippen LogP contribution in [0.15, 0.2) is 18.2 Å². The molecule has 10 heteroatoms. The first-order chi connectivity index (χ1) is 16.8. The van der Waals surface area contributed by atoms with E-state index in [-0.39, 0.29) is 6.54 Å². The molecule has 1 aromatic rings. The van der Waals surface area contributed by atoms with Gasteiger partial charge in [0.1, 0.15) is 17.7 Å². The van der Waals surface area contributed by atoms with Gasteiger partial charge in [-0.25, -0.2) is 4.79 Å². The van der Waals surface area contributed by atoms with Crippen molar-refractivity contribution in [2.45, 2.75) is 84.9 Å². The maximum atomic E-state index is 13.7. The fraction of sp³-hybridized carbons (Fsp3) is 0.615. The number of hydrogen-bond acceptors (Lipinski definition) is 6. The van der Waals surface area contributed by atoms with Crippen LogP contribution in [0.3, 0.4) is 0 Å². The van der Waals surface area contributed by atoms with Crippen molar-refractivity contribution in [2.75, 3.05) is 19.7 Å². The zero-order valence-electron chi connectivity index (χ0n) is 22.3. The Morgan fingerprint density at radius 3 is 2.33 bits per heavy atom. The molecule has 2 atom stereocenters. The molecule has 202 valence electrons. The molecule has 0 saturated carbocycles. The maximum Gasteiger partial charge on any atom is 0.408 e. The maximum absolute atomic E-state index is 13.7. The predicted octanol–water partition coefficient (Wildman–Crippen LogP) is 2.24. The largest absolute Gasteiger partial charge is 0.444 e. The monoisotopic (exact) mass is 506 g/mol. The lowest BCUT2D eigenvalue weighted by Gasteiger charge is -2.34. The lowest BCUT2D eigenvalue weighted by Crippen LogP contribution is -2.54. The molecule has 0 heterocycles. The van der Waals surface area contributed by atoms with Crippen LogP contribution in [0.4, 0.5) is 4.79 Å². The van der Waals surface area contributed by atoms with E-state index in [0.717, 1.165) is 30.4 Å². The fourth-order valence-electron chi connectivity index (χ4n) is 3.79. The van der Waals surface area contributed by atoms with Crippen molar-refractivity contribution < 1.29 is 29.0 Å². The number of ether oxygens (including phenoxy) is 1. The number of amides is 4. The molecular formula is C26H42N4O6. The number of nitrogens with two attached hydrogens (primary N) is 1. The number of primary amides is 1. The summed E-state index contributed by atoms with van der Waals surface area (Å²) in [5, 5.41) is 15.1. The van der Waals surface area contributed by atoms with Gasteiger partial charge in [-0.2, -0.15) is 0 Å². The van der Waals surface area contributed by atoms with Gasteiger partial charge in [-0.3, -0.25) is 14.4 Å². The van der Waals surface area contributed by atoms with Crippen molar-refractivity contribution in [3.8, 4) is 0 Å². The second-order valence-corrected chi connectivity index (χ2v) is 9.89. The zero-order valence-corrected chi connectivity index (χ0v) is 22.3. The molecule has 1 aromatic carbocycles. The Bertz CT molecular complexity index is 912. The van der Waals surface area contributed by atoms with Gasteiger partial charge in [-0.1, -0.05) is 43.5 Å². The average Bonchev–Trinajstić information content (AvgIpc) is 2.75. The minimum atomic E-state index is -1.38. The molecule has 10 nitrogen and oxygen atoms in total. The third-order valence-electron chi connectivity index (χ3n) is 5.38. The number of hydrogen-bond donors (Lipinski definition) is 4. The van der Waals surface area contributed by atoms with Gasteiger partial charge >= 0.3 is 6.09 Å². The summed E-state index contributed by atoms with van der Waals surface area (Å²) in [4.78, 5) is 52.5. The van der Waals surface area contributed by atoms with E-state index < -0.39 is 54.5 Å². The van der Waals surface area contributed by atoms with Gasteiger partial charge < -0.3 is 31.1 Å². The van der Waals surface area contributed by atoms with E-state index in [1.807, 2.05) is 26.0 Å². The van der Waals surface area contributed by atoms with Gasteiger partial charge in [0, 0.05) is 13.1 Å². The Morgan fingerprint density at radius 1 is 1.14 bits per heavy atom. The van der Waals surface area contributed by atoms with Crippen LogP contribution in [0, 0.1) is 13.8 Å². The molecule has 0 aliphatic heterocycles. The number of aliphatic hydroxyl groups is 1. The summed E-state index contributed by atoms with van der Waals surface area (Å²) in [6.45, 7) is 10.6. The van der Waals surface area contributed by atoms with Crippen LogP contribution in [-0.4, -0.2) is 65.2 Å². The van der Waals surface area contributed by atoms with Crippen LogP contribution in [0.25, 0.3) is 0 Å². The number of carbonyl (C=O) groups is 4. The lowest BCUT2D eigenvalue weighted by atomic mass is 9.96. The molecule has 4 amide bonds. The number of rotatable bonds is 13. The van der Waals surface area contributed by atoms with Gasteiger partial charge in [0.15, 0.2) is 0 Å². The average molecular weight is 507 g/mol. The summed E-state index contributed by atoms with van der Waals surface area (Å²) < 4.78 is 5.24. The lowest BCUT2D eigenvalue weighted by molar-refractivity contribution is -0.143. The first-order valence-corrected chi connectivity index (χ1v) is 12.3. The number of nitrogens with one attached hydrogen (secondary N) is 2. The minimum absolute atomic E-state index is 0.204. The van der Waals surface area contributed by atoms with Crippen molar-refractivity contribution in [2.24, 2.45) is 5.73 Å². The van der Waals surface area contributed by atoms with Gasteiger partial charge in [-0.15, -0.1) is 0 Å². The minimum Gasteiger partial charge on any atom is -0.444 e. The number of carbonyl (C=O) groups excluding carboxylic acids is 4. The Kier molecular flexibility index (Phi) is 12.4. The first-order valence-electron chi connectivity index (χ1n) is 12.3. The second kappa shape index (κ2) is 14.4. The van der Waals surface area contributed by atoms with E-state index in [1.54, 1.807) is 26.8 Å². The van der Waals surface area contributed by atoms with Crippen molar-refractivity contribution in [3.63, 3.8) is 0 Å². The van der Waals surface area contributed by atoms with Crippen LogP contribution in [-0.2, 0) is 19.1 Å². The van der Waals surface area contributed by atoms with Gasteiger partial charge in [0.25, 0.3) is 0 Å². The van der Waals surface area contributed by atoms with Crippen LogP contribution in [0.2, 0.25) is 0 Å². The predicted molar refractivity (Wildman–Crippen MR) is 137 cm³/mol. The molecule has 36 heavy (non-hydrogen) atoms. The van der Waals surface area contributed by atoms with E-state index in [4.69, 9.17) is 10.5 Å². The van der Waals surface area contributed by atoms with E-state index in [0.29, 0.717) is 12.1 Å². The summed E-state index contributed by atoms with van der Waals surface area (Å²) in [6.07, 6.45) is 1.29. The quantitative estimate of drug-likeness (QED) is 0.301. The number of benzene rings is 1. The number of nitrogens with zero attached hydrogens (tertiary/aromatic N) is 1. The molecule has 2 unspecified atom stereocenters. The van der Waals surface area contributed by atoms with E-state index in [1.165, 1.54) is 4.90 Å². The standard InChI is InChI=1S/C26H42N4O6/c1-7-8-9-12-28-23(33)22(19-11-10-17(2)15-18(19)3)30(13-14-31)24(34)20(16-21(27)32)29-25(35)36-26(4,5)6/h10-11,15,20,22,31H,7-9,12-14,16H2,1-6H3,(H2,27,32)(H,28,33)(H,29,35). The number of aryl methyl sites for hydroxylation is 2. The molecule has 0 bridgehead atoms. The molecule has 1 rings (SSSR count). The highest BCUT2D eigenvalue weighted by molar-refractivity contribution is 5.94. The Labute approximate surface area is 213 Å². The van der Waals surface area contributed by atoms with Crippen LogP contribution in [0.5, 0.6) is 0 Å². The summed E-state index contributed by atoms with van der Waals surface area (Å²) in [5.74, 6) is -1.97. The molecule has 5 N–H and O–H groups in total. The molecule has 0 fully saturated rings. The molecule has 0 spiro atoms. The molecule has 0 radical (unpaired) electrons. The summed E-state index contributed by atoms with van der Waals surface area (Å²) in [5.41, 5.74) is 6.86. The summed E-state index contributed by atoms with van der Waals surface area (Å²) in [6, 6.07) is 3.02. The second-order valence-electron chi connectivity index (χ2n) is 9.89. The van der Waals surface area contributed by atoms with Crippen molar-refractivity contribution >= 4 is 23.8 Å². The number of unbranched alkanes of at least 4 members (excludes halogenated alkanes) is 2. The highest BCUT2D eigenvalue weighted by Crippen LogP contribution is 2.26. The zero-order chi connectivity index (χ0) is 27.5. The van der Waals surface area contributed by atoms with Gasteiger partial charge in [-0.05, 0) is 52.2 Å². The Morgan fingerprint density at radius 2 is 1.81 bits per heavy atom. The van der Waals surface area contributed by atoms with Gasteiger partial charge in [0.2, 0.25) is 17.7 Å². The first kappa shape index (κ1) is 30.9. The SMILES string of the molecule is CCCCCNC(=O)C(c1ccc(C)cc1C)N(CCO)C(=O)C(CC(N)=O)NC(=O)OC(C)(C)C. The molecule has 0 aliphatic rings.